The molecule has 2 aromatic heterocycles. The molecule has 0 bridgehead atoms. The maximum atomic E-state index is 12.1. The van der Waals surface area contributed by atoms with Crippen LogP contribution in [0.1, 0.15) is 23.9 Å². The SMILES string of the molecule is CC1CC(=O)n2c(sc(=Cc3ccco3)c2=O)=N1. The van der Waals surface area contributed by atoms with Gasteiger partial charge < -0.3 is 4.42 Å². The number of rotatable bonds is 1. The van der Waals surface area contributed by atoms with Crippen LogP contribution < -0.4 is 14.9 Å². The zero-order valence-electron chi connectivity index (χ0n) is 9.62. The van der Waals surface area contributed by atoms with E-state index in [-0.39, 0.29) is 23.9 Å². The van der Waals surface area contributed by atoms with Gasteiger partial charge in [0.25, 0.3) is 5.56 Å². The van der Waals surface area contributed by atoms with Crippen molar-refractivity contribution in [2.24, 2.45) is 4.99 Å². The Hall–Kier alpha value is -1.95. The van der Waals surface area contributed by atoms with Gasteiger partial charge in [0.2, 0.25) is 5.91 Å². The number of nitrogens with zero attached hydrogens (tertiary/aromatic N) is 2. The quantitative estimate of drug-likeness (QED) is 0.746. The number of carbonyl (C=O) groups excluding carboxylic acids is 1. The van der Waals surface area contributed by atoms with Crippen LogP contribution in [0.3, 0.4) is 0 Å². The van der Waals surface area contributed by atoms with Crippen LogP contribution in [0.4, 0.5) is 0 Å². The van der Waals surface area contributed by atoms with E-state index in [9.17, 15) is 9.59 Å². The topological polar surface area (TPSA) is 64.6 Å². The van der Waals surface area contributed by atoms with Crippen molar-refractivity contribution in [3.63, 3.8) is 0 Å². The zero-order valence-corrected chi connectivity index (χ0v) is 10.4. The Morgan fingerprint density at radius 1 is 1.56 bits per heavy atom. The highest BCUT2D eigenvalue weighted by molar-refractivity contribution is 7.07. The highest BCUT2D eigenvalue weighted by Crippen LogP contribution is 2.03. The molecule has 0 saturated heterocycles. The molecule has 0 aromatic carbocycles. The summed E-state index contributed by atoms with van der Waals surface area (Å²) in [5, 5.41) is 0. The Bertz CT molecular complexity index is 767. The molecule has 0 saturated carbocycles. The molecule has 1 atom stereocenters. The van der Waals surface area contributed by atoms with Crippen LogP contribution in [0.15, 0.2) is 32.6 Å². The molecule has 92 valence electrons. The van der Waals surface area contributed by atoms with Crippen LogP contribution in [0.5, 0.6) is 0 Å². The van der Waals surface area contributed by atoms with Crippen molar-refractivity contribution in [1.29, 1.82) is 0 Å². The molecule has 0 fully saturated rings. The van der Waals surface area contributed by atoms with Crippen molar-refractivity contribution in [3.8, 4) is 0 Å². The normalized spacial score (nSPS) is 19.7. The molecule has 1 aliphatic rings. The van der Waals surface area contributed by atoms with Crippen LogP contribution in [0.2, 0.25) is 0 Å². The smallest absolute Gasteiger partial charge is 0.277 e. The summed E-state index contributed by atoms with van der Waals surface area (Å²) in [7, 11) is 0. The van der Waals surface area contributed by atoms with Gasteiger partial charge in [0.1, 0.15) is 10.3 Å². The molecule has 0 radical (unpaired) electrons. The number of fused-ring (bicyclic) bond motifs is 1. The van der Waals surface area contributed by atoms with Crippen molar-refractivity contribution >= 4 is 23.3 Å². The molecule has 6 heteroatoms. The Morgan fingerprint density at radius 2 is 2.39 bits per heavy atom. The van der Waals surface area contributed by atoms with Crippen molar-refractivity contribution in [3.05, 3.63) is 43.8 Å². The molecule has 0 amide bonds. The van der Waals surface area contributed by atoms with Crippen LogP contribution in [-0.4, -0.2) is 16.5 Å². The van der Waals surface area contributed by atoms with Gasteiger partial charge in [0, 0.05) is 12.5 Å². The lowest BCUT2D eigenvalue weighted by atomic mass is 10.2. The monoisotopic (exact) mass is 262 g/mol. The molecule has 18 heavy (non-hydrogen) atoms. The van der Waals surface area contributed by atoms with E-state index in [1.807, 2.05) is 6.92 Å². The Labute approximate surface area is 106 Å². The fourth-order valence-electron chi connectivity index (χ4n) is 1.86. The molecule has 3 rings (SSSR count). The van der Waals surface area contributed by atoms with Gasteiger partial charge in [-0.3, -0.25) is 14.6 Å². The summed E-state index contributed by atoms with van der Waals surface area (Å²) < 4.78 is 6.78. The average molecular weight is 262 g/mol. The van der Waals surface area contributed by atoms with Gasteiger partial charge in [-0.05, 0) is 19.1 Å². The van der Waals surface area contributed by atoms with Gasteiger partial charge in [-0.2, -0.15) is 0 Å². The summed E-state index contributed by atoms with van der Waals surface area (Å²) in [5.74, 6) is 0.402. The summed E-state index contributed by atoms with van der Waals surface area (Å²) in [6, 6.07) is 3.44. The molecular formula is C12H10N2O3S. The molecule has 0 spiro atoms. The van der Waals surface area contributed by atoms with E-state index < -0.39 is 0 Å². The molecule has 3 heterocycles. The fourth-order valence-corrected chi connectivity index (χ4v) is 2.92. The number of thiazole rings is 1. The maximum Gasteiger partial charge on any atom is 0.277 e. The van der Waals surface area contributed by atoms with E-state index in [0.717, 1.165) is 4.57 Å². The first-order valence-electron chi connectivity index (χ1n) is 5.53. The second kappa shape index (κ2) is 4.06. The Morgan fingerprint density at radius 3 is 3.11 bits per heavy atom. The average Bonchev–Trinajstić information content (AvgIpc) is 2.88. The van der Waals surface area contributed by atoms with Gasteiger partial charge in [-0.15, -0.1) is 0 Å². The maximum absolute atomic E-state index is 12.1. The van der Waals surface area contributed by atoms with Crippen molar-refractivity contribution in [2.45, 2.75) is 19.4 Å². The predicted molar refractivity (Wildman–Crippen MR) is 66.3 cm³/mol. The first-order valence-corrected chi connectivity index (χ1v) is 6.35. The summed E-state index contributed by atoms with van der Waals surface area (Å²) >= 11 is 1.22. The third-order valence-corrected chi connectivity index (χ3v) is 3.66. The summed E-state index contributed by atoms with van der Waals surface area (Å²) in [6.45, 7) is 1.86. The van der Waals surface area contributed by atoms with Gasteiger partial charge >= 0.3 is 0 Å². The number of furan rings is 1. The van der Waals surface area contributed by atoms with E-state index >= 15 is 0 Å². The molecule has 0 aliphatic carbocycles. The number of carbonyl (C=O) groups is 1. The van der Waals surface area contributed by atoms with Crippen LogP contribution >= 0.6 is 11.3 Å². The molecule has 5 nitrogen and oxygen atoms in total. The minimum Gasteiger partial charge on any atom is -0.465 e. The number of hydrogen-bond acceptors (Lipinski definition) is 5. The second-order valence-electron chi connectivity index (χ2n) is 4.13. The summed E-state index contributed by atoms with van der Waals surface area (Å²) in [4.78, 5) is 28.7. The highest BCUT2D eigenvalue weighted by Gasteiger charge is 2.20. The van der Waals surface area contributed by atoms with E-state index in [1.165, 1.54) is 17.6 Å². The fraction of sp³-hybridized carbons (Fsp3) is 0.250. The lowest BCUT2D eigenvalue weighted by Gasteiger charge is -2.09. The lowest BCUT2D eigenvalue weighted by Crippen LogP contribution is -2.40. The molecule has 1 aliphatic heterocycles. The molecular weight excluding hydrogens is 252 g/mol. The number of aromatic nitrogens is 1. The van der Waals surface area contributed by atoms with Gasteiger partial charge in [-0.25, -0.2) is 4.57 Å². The number of hydrogen-bond donors (Lipinski definition) is 0. The van der Waals surface area contributed by atoms with Crippen molar-refractivity contribution in [2.75, 3.05) is 0 Å². The first kappa shape index (κ1) is 11.2. The first-order chi connectivity index (χ1) is 8.65. The van der Waals surface area contributed by atoms with Gasteiger partial charge in [0.15, 0.2) is 4.80 Å². The molecule has 2 aromatic rings. The van der Waals surface area contributed by atoms with Crippen LogP contribution in [0, 0.1) is 0 Å². The minimum absolute atomic E-state index is 0.0630. The van der Waals surface area contributed by atoms with E-state index in [2.05, 4.69) is 4.99 Å². The molecule has 0 N–H and O–H groups in total. The second-order valence-corrected chi connectivity index (χ2v) is 5.13. The van der Waals surface area contributed by atoms with Gasteiger partial charge in [0.05, 0.1) is 12.3 Å². The largest absolute Gasteiger partial charge is 0.465 e. The van der Waals surface area contributed by atoms with E-state index in [4.69, 9.17) is 4.42 Å². The van der Waals surface area contributed by atoms with Crippen molar-refractivity contribution < 1.29 is 9.21 Å². The Kier molecular flexibility index (Phi) is 2.52. The summed E-state index contributed by atoms with van der Waals surface area (Å²) in [6.07, 6.45) is 3.45. The molecule has 1 unspecified atom stereocenters. The van der Waals surface area contributed by atoms with Crippen LogP contribution in [0.25, 0.3) is 6.08 Å². The van der Waals surface area contributed by atoms with Crippen LogP contribution in [-0.2, 0) is 0 Å². The standard InChI is InChI=1S/C12H10N2O3S/c1-7-5-10(15)14-11(16)9(18-12(14)13-7)6-8-3-2-4-17-8/h2-4,6-7H,5H2,1H3. The van der Waals surface area contributed by atoms with Gasteiger partial charge in [-0.1, -0.05) is 11.3 Å². The van der Waals surface area contributed by atoms with Crippen molar-refractivity contribution in [1.82, 2.24) is 4.57 Å². The third kappa shape index (κ3) is 1.74. The Balaban J connectivity index is 2.28. The third-order valence-electron chi connectivity index (χ3n) is 2.67. The lowest BCUT2D eigenvalue weighted by molar-refractivity contribution is 0.0877. The zero-order chi connectivity index (χ0) is 12.7. The van der Waals surface area contributed by atoms with E-state index in [0.29, 0.717) is 15.1 Å². The predicted octanol–water partition coefficient (Wildman–Crippen LogP) is 0.384. The van der Waals surface area contributed by atoms with E-state index in [1.54, 1.807) is 18.2 Å². The minimum atomic E-state index is -0.313. The highest BCUT2D eigenvalue weighted by atomic mass is 32.1. The summed E-state index contributed by atoms with van der Waals surface area (Å²) in [5.41, 5.74) is -0.313.